The minimum Gasteiger partial charge on any atom is -0.351 e. The van der Waals surface area contributed by atoms with Gasteiger partial charge in [0.25, 0.3) is 11.3 Å². The summed E-state index contributed by atoms with van der Waals surface area (Å²) in [6.07, 6.45) is 5.01. The average Bonchev–Trinajstić information content (AvgIpc) is 3.21. The molecule has 0 bridgehead atoms. The highest BCUT2D eigenvalue weighted by atomic mass is 16.2. The molecular formula is C23H30N6O2. The quantitative estimate of drug-likeness (QED) is 0.610. The standard InChI is InChI=1S/C23H30N6O2/c1-3-18-11-7-8-14-28(18)20(30)13-12-19-16(2)25-23-26-22(27-29(23)21(19)31)24-15-17-9-5-4-6-10-17/h4-6,9-10,18H,3,7-8,11-15H2,1-2H3,(H2,24,25,26,27). The van der Waals surface area contributed by atoms with Crippen LogP contribution in [-0.2, 0) is 17.8 Å². The highest BCUT2D eigenvalue weighted by Gasteiger charge is 2.25. The number of H-pyrrole nitrogens is 1. The number of anilines is 1. The minimum atomic E-state index is -0.193. The van der Waals surface area contributed by atoms with E-state index >= 15 is 0 Å². The van der Waals surface area contributed by atoms with Crippen molar-refractivity contribution in [1.82, 2.24) is 24.5 Å². The van der Waals surface area contributed by atoms with Crippen LogP contribution >= 0.6 is 0 Å². The van der Waals surface area contributed by atoms with Crippen LogP contribution in [-0.4, -0.2) is 43.0 Å². The van der Waals surface area contributed by atoms with E-state index in [1.165, 1.54) is 10.9 Å². The van der Waals surface area contributed by atoms with Crippen molar-refractivity contribution >= 4 is 17.6 Å². The van der Waals surface area contributed by atoms with Gasteiger partial charge in [0.15, 0.2) is 0 Å². The molecule has 0 spiro atoms. The monoisotopic (exact) mass is 422 g/mol. The predicted molar refractivity (Wildman–Crippen MR) is 120 cm³/mol. The summed E-state index contributed by atoms with van der Waals surface area (Å²) >= 11 is 0. The van der Waals surface area contributed by atoms with Crippen molar-refractivity contribution in [3.63, 3.8) is 0 Å². The Labute approximate surface area is 181 Å². The van der Waals surface area contributed by atoms with Crippen molar-refractivity contribution < 1.29 is 4.79 Å². The molecule has 8 nitrogen and oxygen atoms in total. The van der Waals surface area contributed by atoms with Crippen LogP contribution in [0.25, 0.3) is 5.78 Å². The minimum absolute atomic E-state index is 0.130. The van der Waals surface area contributed by atoms with E-state index in [0.29, 0.717) is 48.4 Å². The van der Waals surface area contributed by atoms with E-state index in [-0.39, 0.29) is 11.5 Å². The zero-order valence-electron chi connectivity index (χ0n) is 18.2. The first kappa shape index (κ1) is 21.1. The lowest BCUT2D eigenvalue weighted by Gasteiger charge is -2.35. The molecule has 1 atom stereocenters. The maximum atomic E-state index is 13.0. The summed E-state index contributed by atoms with van der Waals surface area (Å²) in [4.78, 5) is 36.7. The van der Waals surface area contributed by atoms with Crippen LogP contribution in [0.5, 0.6) is 0 Å². The van der Waals surface area contributed by atoms with Gasteiger partial charge in [0.05, 0.1) is 5.69 Å². The first-order valence-corrected chi connectivity index (χ1v) is 11.1. The Morgan fingerprint density at radius 1 is 1.23 bits per heavy atom. The molecule has 4 rings (SSSR count). The Hall–Kier alpha value is -3.16. The molecule has 164 valence electrons. The van der Waals surface area contributed by atoms with Gasteiger partial charge in [-0.25, -0.2) is 4.98 Å². The lowest BCUT2D eigenvalue weighted by molar-refractivity contribution is -0.134. The van der Waals surface area contributed by atoms with E-state index in [1.54, 1.807) is 0 Å². The maximum Gasteiger partial charge on any atom is 0.277 e. The van der Waals surface area contributed by atoms with Crippen molar-refractivity contribution in [2.24, 2.45) is 0 Å². The number of fused-ring (bicyclic) bond motifs is 1. The first-order chi connectivity index (χ1) is 15.1. The first-order valence-electron chi connectivity index (χ1n) is 11.1. The summed E-state index contributed by atoms with van der Waals surface area (Å²) in [5, 5.41) is 6.19. The number of amides is 1. The van der Waals surface area contributed by atoms with E-state index in [0.717, 1.165) is 31.4 Å². The third-order valence-corrected chi connectivity index (χ3v) is 6.11. The number of benzene rings is 1. The Balaban J connectivity index is 1.48. The second-order valence-electron chi connectivity index (χ2n) is 8.17. The highest BCUT2D eigenvalue weighted by Crippen LogP contribution is 2.21. The topological polar surface area (TPSA) is 95.4 Å². The molecule has 0 aliphatic carbocycles. The van der Waals surface area contributed by atoms with Crippen LogP contribution in [0.2, 0.25) is 0 Å². The number of nitrogens with one attached hydrogen (secondary N) is 2. The number of aromatic nitrogens is 4. The molecule has 2 N–H and O–H groups in total. The third-order valence-electron chi connectivity index (χ3n) is 6.11. The average molecular weight is 423 g/mol. The molecule has 0 radical (unpaired) electrons. The van der Waals surface area contributed by atoms with E-state index in [4.69, 9.17) is 0 Å². The molecule has 1 aliphatic heterocycles. The second kappa shape index (κ2) is 9.32. The van der Waals surface area contributed by atoms with E-state index in [2.05, 4.69) is 27.3 Å². The molecular weight excluding hydrogens is 392 g/mol. The van der Waals surface area contributed by atoms with Gasteiger partial charge in [-0.3, -0.25) is 14.7 Å². The summed E-state index contributed by atoms with van der Waals surface area (Å²) in [5.41, 5.74) is 2.11. The van der Waals surface area contributed by atoms with Gasteiger partial charge in [-0.2, -0.15) is 9.50 Å². The Morgan fingerprint density at radius 2 is 2.03 bits per heavy atom. The zero-order valence-corrected chi connectivity index (χ0v) is 18.2. The summed E-state index contributed by atoms with van der Waals surface area (Å²) < 4.78 is 1.36. The molecule has 1 unspecified atom stereocenters. The number of nitrogens with zero attached hydrogens (tertiary/aromatic N) is 4. The smallest absolute Gasteiger partial charge is 0.277 e. The fourth-order valence-electron chi connectivity index (χ4n) is 4.33. The van der Waals surface area contributed by atoms with Gasteiger partial charge < -0.3 is 10.2 Å². The Kier molecular flexibility index (Phi) is 6.34. The summed E-state index contributed by atoms with van der Waals surface area (Å²) in [5.74, 6) is 0.945. The Morgan fingerprint density at radius 3 is 2.81 bits per heavy atom. The molecule has 1 saturated heterocycles. The van der Waals surface area contributed by atoms with Crippen LogP contribution in [0.3, 0.4) is 0 Å². The van der Waals surface area contributed by atoms with Gasteiger partial charge in [-0.15, -0.1) is 0 Å². The fraction of sp³-hybridized carbons (Fsp3) is 0.478. The van der Waals surface area contributed by atoms with Gasteiger partial charge in [-0.1, -0.05) is 37.3 Å². The van der Waals surface area contributed by atoms with Crippen LogP contribution in [0.15, 0.2) is 35.1 Å². The van der Waals surface area contributed by atoms with Crippen molar-refractivity contribution in [3.8, 4) is 0 Å². The molecule has 3 aromatic rings. The highest BCUT2D eigenvalue weighted by molar-refractivity contribution is 5.77. The molecule has 31 heavy (non-hydrogen) atoms. The lowest BCUT2D eigenvalue weighted by atomic mass is 9.99. The predicted octanol–water partition coefficient (Wildman–Crippen LogP) is 3.06. The maximum absolute atomic E-state index is 13.0. The van der Waals surface area contributed by atoms with Gasteiger partial charge in [0.1, 0.15) is 0 Å². The molecule has 1 fully saturated rings. The number of carbonyl (C=O) groups excluding carboxylic acids is 1. The summed E-state index contributed by atoms with van der Waals surface area (Å²) in [6, 6.07) is 10.3. The number of rotatable bonds is 7. The fourth-order valence-corrected chi connectivity index (χ4v) is 4.33. The van der Waals surface area contributed by atoms with Crippen LogP contribution < -0.4 is 10.9 Å². The summed E-state index contributed by atoms with van der Waals surface area (Å²) in [6.45, 7) is 5.35. The number of likely N-dealkylation sites (tertiary alicyclic amines) is 1. The van der Waals surface area contributed by atoms with Gasteiger partial charge in [0, 0.05) is 31.1 Å². The number of hydrogen-bond donors (Lipinski definition) is 2. The number of aryl methyl sites for hydroxylation is 1. The van der Waals surface area contributed by atoms with Crippen molar-refractivity contribution in [2.45, 2.75) is 65.0 Å². The number of piperidine rings is 1. The van der Waals surface area contributed by atoms with E-state index in [9.17, 15) is 9.59 Å². The van der Waals surface area contributed by atoms with Crippen molar-refractivity contribution in [3.05, 3.63) is 57.5 Å². The van der Waals surface area contributed by atoms with Gasteiger partial charge >= 0.3 is 0 Å². The number of hydrogen-bond acceptors (Lipinski definition) is 5. The van der Waals surface area contributed by atoms with Crippen LogP contribution in [0.4, 0.5) is 5.95 Å². The normalized spacial score (nSPS) is 16.6. The zero-order chi connectivity index (χ0) is 21.8. The van der Waals surface area contributed by atoms with Gasteiger partial charge in [-0.05, 0) is 44.6 Å². The molecule has 2 aromatic heterocycles. The molecule has 0 saturated carbocycles. The molecule has 8 heteroatoms. The van der Waals surface area contributed by atoms with Crippen LogP contribution in [0, 0.1) is 6.92 Å². The van der Waals surface area contributed by atoms with E-state index in [1.807, 2.05) is 42.2 Å². The Bertz CT molecular complexity index is 1100. The second-order valence-corrected chi connectivity index (χ2v) is 8.17. The summed E-state index contributed by atoms with van der Waals surface area (Å²) in [7, 11) is 0. The van der Waals surface area contributed by atoms with Crippen molar-refractivity contribution in [2.75, 3.05) is 11.9 Å². The molecule has 1 amide bonds. The van der Waals surface area contributed by atoms with Gasteiger partial charge in [0.2, 0.25) is 11.9 Å². The molecule has 1 aromatic carbocycles. The largest absolute Gasteiger partial charge is 0.351 e. The third kappa shape index (κ3) is 4.62. The lowest BCUT2D eigenvalue weighted by Crippen LogP contribution is -2.43. The van der Waals surface area contributed by atoms with Crippen LogP contribution in [0.1, 0.15) is 55.8 Å². The van der Waals surface area contributed by atoms with E-state index < -0.39 is 0 Å². The SMILES string of the molecule is CCC1CCCCN1C(=O)CCc1c(C)nc2nc(NCc3ccccc3)[nH]n2c1=O. The molecule has 3 heterocycles. The number of aromatic amines is 1. The number of carbonyl (C=O) groups is 1. The van der Waals surface area contributed by atoms with Crippen molar-refractivity contribution in [1.29, 1.82) is 0 Å². The molecule has 1 aliphatic rings.